The van der Waals surface area contributed by atoms with Crippen molar-refractivity contribution < 1.29 is 0 Å². The third-order valence-corrected chi connectivity index (χ3v) is 4.33. The summed E-state index contributed by atoms with van der Waals surface area (Å²) >= 11 is 0. The Bertz CT molecular complexity index is 599. The molecular formula is C23H29N. The molecule has 0 N–H and O–H groups in total. The van der Waals surface area contributed by atoms with Crippen molar-refractivity contribution in [2.75, 3.05) is 0 Å². The predicted molar refractivity (Wildman–Crippen MR) is 104 cm³/mol. The van der Waals surface area contributed by atoms with Gasteiger partial charge >= 0.3 is 0 Å². The summed E-state index contributed by atoms with van der Waals surface area (Å²) in [5, 5.41) is 0. The van der Waals surface area contributed by atoms with E-state index in [2.05, 4.69) is 105 Å². The first-order chi connectivity index (χ1) is 11.7. The first kappa shape index (κ1) is 18.1. The highest BCUT2D eigenvalue weighted by molar-refractivity contribution is 5.23. The van der Waals surface area contributed by atoms with Crippen molar-refractivity contribution in [3.8, 4) is 0 Å². The Hall–Kier alpha value is -2.28. The van der Waals surface area contributed by atoms with Crippen molar-refractivity contribution >= 4 is 0 Å². The highest BCUT2D eigenvalue weighted by Crippen LogP contribution is 2.18. The molecule has 0 spiro atoms. The lowest BCUT2D eigenvalue weighted by molar-refractivity contribution is 0.338. The van der Waals surface area contributed by atoms with Crippen molar-refractivity contribution in [2.45, 2.75) is 40.3 Å². The molecule has 0 aliphatic carbocycles. The lowest BCUT2D eigenvalue weighted by Gasteiger charge is -2.26. The highest BCUT2D eigenvalue weighted by atomic mass is 15.1. The van der Waals surface area contributed by atoms with Gasteiger partial charge in [-0.1, -0.05) is 93.1 Å². The number of benzene rings is 2. The summed E-state index contributed by atoms with van der Waals surface area (Å²) in [6.45, 7) is 8.46. The molecule has 2 aromatic carbocycles. The molecule has 0 aromatic heterocycles. The Morgan fingerprint density at radius 3 is 1.83 bits per heavy atom. The van der Waals surface area contributed by atoms with Crippen LogP contribution in [0.1, 0.15) is 38.3 Å². The lowest BCUT2D eigenvalue weighted by atomic mass is 10.1. The lowest BCUT2D eigenvalue weighted by Crippen LogP contribution is -2.21. The van der Waals surface area contributed by atoms with Gasteiger partial charge in [0, 0.05) is 18.8 Å². The van der Waals surface area contributed by atoms with Gasteiger partial charge in [0.05, 0.1) is 0 Å². The summed E-state index contributed by atoms with van der Waals surface area (Å²) < 4.78 is 0. The minimum absolute atomic E-state index is 0.607. The molecule has 1 heteroatoms. The fourth-order valence-corrected chi connectivity index (χ4v) is 2.63. The van der Waals surface area contributed by atoms with Crippen molar-refractivity contribution in [3.05, 3.63) is 95.7 Å². The van der Waals surface area contributed by atoms with E-state index in [1.165, 1.54) is 23.2 Å². The van der Waals surface area contributed by atoms with Gasteiger partial charge in [0.15, 0.2) is 0 Å². The van der Waals surface area contributed by atoms with Crippen LogP contribution < -0.4 is 0 Å². The molecular weight excluding hydrogens is 290 g/mol. The van der Waals surface area contributed by atoms with E-state index in [1.807, 2.05) is 0 Å². The maximum Gasteiger partial charge on any atom is 0.0433 e. The summed E-state index contributed by atoms with van der Waals surface area (Å²) in [6, 6.07) is 21.4. The molecule has 0 amide bonds. The van der Waals surface area contributed by atoms with Gasteiger partial charge in [0.1, 0.15) is 0 Å². The van der Waals surface area contributed by atoms with E-state index >= 15 is 0 Å². The van der Waals surface area contributed by atoms with Crippen LogP contribution in [0.15, 0.2) is 84.6 Å². The molecule has 1 unspecified atom stereocenters. The molecule has 2 rings (SSSR count). The van der Waals surface area contributed by atoms with Crippen LogP contribution in [0.4, 0.5) is 0 Å². The van der Waals surface area contributed by atoms with Gasteiger partial charge in [-0.2, -0.15) is 0 Å². The average Bonchev–Trinajstić information content (AvgIpc) is 2.63. The highest BCUT2D eigenvalue weighted by Gasteiger charge is 2.09. The minimum Gasteiger partial charge on any atom is -0.363 e. The summed E-state index contributed by atoms with van der Waals surface area (Å²) in [6.07, 6.45) is 7.98. The van der Waals surface area contributed by atoms with Gasteiger partial charge in [-0.05, 0) is 30.0 Å². The van der Waals surface area contributed by atoms with Crippen molar-refractivity contribution in [3.63, 3.8) is 0 Å². The largest absolute Gasteiger partial charge is 0.363 e. The van der Waals surface area contributed by atoms with Gasteiger partial charge < -0.3 is 4.90 Å². The molecule has 0 saturated heterocycles. The van der Waals surface area contributed by atoms with Crippen LogP contribution in [0.5, 0.6) is 0 Å². The third kappa shape index (κ3) is 5.73. The maximum absolute atomic E-state index is 2.45. The van der Waals surface area contributed by atoms with Crippen LogP contribution in [-0.2, 0) is 13.1 Å². The molecule has 126 valence electrons. The number of rotatable bonds is 8. The van der Waals surface area contributed by atoms with Crippen molar-refractivity contribution in [1.29, 1.82) is 0 Å². The van der Waals surface area contributed by atoms with E-state index in [0.717, 1.165) is 13.1 Å². The second kappa shape index (κ2) is 9.77. The van der Waals surface area contributed by atoms with Crippen molar-refractivity contribution in [1.82, 2.24) is 4.90 Å². The Balaban J connectivity index is 2.21. The zero-order chi connectivity index (χ0) is 17.2. The molecule has 24 heavy (non-hydrogen) atoms. The smallest absolute Gasteiger partial charge is 0.0433 e. The van der Waals surface area contributed by atoms with Crippen LogP contribution in [-0.4, -0.2) is 4.90 Å². The molecule has 0 saturated carbocycles. The second-order valence-corrected chi connectivity index (χ2v) is 6.29. The standard InChI is InChI=1S/C23H29N/c1-4-20(3)16-17-23(5-2)24(18-21-12-8-6-9-13-21)19-22-14-10-7-11-15-22/h5-17,20H,4,18-19H2,1-3H3/b17-16-,23-5+. The van der Waals surface area contributed by atoms with Crippen LogP contribution >= 0.6 is 0 Å². The van der Waals surface area contributed by atoms with Gasteiger partial charge in [-0.25, -0.2) is 0 Å². The van der Waals surface area contributed by atoms with Crippen LogP contribution in [0.3, 0.4) is 0 Å². The summed E-state index contributed by atoms with van der Waals surface area (Å²) in [7, 11) is 0. The van der Waals surface area contributed by atoms with Gasteiger partial charge in [-0.15, -0.1) is 0 Å². The summed E-state index contributed by atoms with van der Waals surface area (Å²) in [5.41, 5.74) is 3.96. The Labute approximate surface area is 147 Å². The molecule has 1 atom stereocenters. The Kier molecular flexibility index (Phi) is 7.35. The maximum atomic E-state index is 2.45. The normalized spacial score (nSPS) is 13.2. The fraction of sp³-hybridized carbons (Fsp3) is 0.304. The molecule has 0 aliphatic heterocycles. The minimum atomic E-state index is 0.607. The topological polar surface area (TPSA) is 3.24 Å². The zero-order valence-corrected chi connectivity index (χ0v) is 15.2. The van der Waals surface area contributed by atoms with E-state index in [0.29, 0.717) is 5.92 Å². The third-order valence-electron chi connectivity index (χ3n) is 4.33. The number of hydrogen-bond donors (Lipinski definition) is 0. The molecule has 0 fully saturated rings. The van der Waals surface area contributed by atoms with Gasteiger partial charge in [0.25, 0.3) is 0 Å². The SMILES string of the molecule is C/C=C(\C=C/C(C)CC)N(Cc1ccccc1)Cc1ccccc1. The molecule has 2 aromatic rings. The Morgan fingerprint density at radius 2 is 1.42 bits per heavy atom. The monoisotopic (exact) mass is 319 g/mol. The Morgan fingerprint density at radius 1 is 0.917 bits per heavy atom. The summed E-state index contributed by atoms with van der Waals surface area (Å²) in [4.78, 5) is 2.45. The fourth-order valence-electron chi connectivity index (χ4n) is 2.63. The van der Waals surface area contributed by atoms with E-state index in [-0.39, 0.29) is 0 Å². The van der Waals surface area contributed by atoms with Crippen molar-refractivity contribution in [2.24, 2.45) is 5.92 Å². The van der Waals surface area contributed by atoms with Gasteiger partial charge in [0.2, 0.25) is 0 Å². The van der Waals surface area contributed by atoms with E-state index < -0.39 is 0 Å². The predicted octanol–water partition coefficient (Wildman–Crippen LogP) is 6.19. The molecule has 0 bridgehead atoms. The van der Waals surface area contributed by atoms with Gasteiger partial charge in [-0.3, -0.25) is 0 Å². The first-order valence-corrected chi connectivity index (χ1v) is 8.90. The molecule has 0 aliphatic rings. The van der Waals surface area contributed by atoms with E-state index in [9.17, 15) is 0 Å². The quantitative estimate of drug-likeness (QED) is 0.524. The van der Waals surface area contributed by atoms with E-state index in [1.54, 1.807) is 0 Å². The van der Waals surface area contributed by atoms with Crippen LogP contribution in [0.2, 0.25) is 0 Å². The number of allylic oxidation sites excluding steroid dienone is 3. The number of hydrogen-bond acceptors (Lipinski definition) is 1. The number of nitrogens with zero attached hydrogens (tertiary/aromatic N) is 1. The average molecular weight is 319 g/mol. The zero-order valence-electron chi connectivity index (χ0n) is 15.2. The first-order valence-electron chi connectivity index (χ1n) is 8.90. The molecule has 0 radical (unpaired) electrons. The second-order valence-electron chi connectivity index (χ2n) is 6.29. The molecule has 0 heterocycles. The molecule has 1 nitrogen and oxygen atoms in total. The van der Waals surface area contributed by atoms with E-state index in [4.69, 9.17) is 0 Å². The summed E-state index contributed by atoms with van der Waals surface area (Å²) in [5.74, 6) is 0.607. The van der Waals surface area contributed by atoms with Crippen LogP contribution in [0, 0.1) is 5.92 Å². The van der Waals surface area contributed by atoms with Crippen LogP contribution in [0.25, 0.3) is 0 Å².